The lowest BCUT2D eigenvalue weighted by Crippen LogP contribution is -2.55. The predicted molar refractivity (Wildman–Crippen MR) is 209 cm³/mol. The number of Topliss-reactive ketones (excluding diaryl/α,β-unsaturated/α-hetero) is 1. The molecular weight excluding hydrogens is 721 g/mol. The van der Waals surface area contributed by atoms with Gasteiger partial charge in [0.2, 0.25) is 11.8 Å². The van der Waals surface area contributed by atoms with E-state index in [1.54, 1.807) is 26.8 Å². The van der Waals surface area contributed by atoms with E-state index in [0.29, 0.717) is 35.3 Å². The van der Waals surface area contributed by atoms with Crippen molar-refractivity contribution in [1.82, 2.24) is 20.2 Å². The summed E-state index contributed by atoms with van der Waals surface area (Å²) < 4.78 is 38.0. The molecule has 294 valence electrons. The van der Waals surface area contributed by atoms with Gasteiger partial charge in [0.1, 0.15) is 34.8 Å². The van der Waals surface area contributed by atoms with Gasteiger partial charge >= 0.3 is 5.97 Å². The molecule has 2 aromatic heterocycles. The second kappa shape index (κ2) is 14.8. The van der Waals surface area contributed by atoms with E-state index in [1.165, 1.54) is 4.90 Å². The van der Waals surface area contributed by atoms with Crippen LogP contribution in [0.4, 0.5) is 0 Å². The van der Waals surface area contributed by atoms with Crippen molar-refractivity contribution in [3.8, 4) is 17.0 Å². The van der Waals surface area contributed by atoms with Gasteiger partial charge in [0, 0.05) is 29.7 Å². The standard InChI is InChI=1S/C42H52N4O8S/c1-9-27-22-42(27,35(47)24-55(51,52)29-16-17-29)45-38(49)33-19-28(23-46(33)39(50)31(40(3,4)5)20-36(48)54-41(6,7)8)53-34-21-32(26-13-11-10-12-14-26)44-37-30(34)18-15-25(2)43-37/h9-15,18,21,27-29,31,33H,1,16-17,19-20,22-24H2,2-8H3,(H,45,49)/t27-,28-,31-,33+,42-/m1/s1. The zero-order valence-electron chi connectivity index (χ0n) is 32.8. The number of nitrogens with one attached hydrogen (secondary N) is 1. The summed E-state index contributed by atoms with van der Waals surface area (Å²) in [6.45, 7) is 16.5. The molecule has 13 heteroatoms. The molecule has 55 heavy (non-hydrogen) atoms. The van der Waals surface area contributed by atoms with Gasteiger partial charge in [-0.25, -0.2) is 18.4 Å². The Hall–Kier alpha value is -4.65. The molecule has 3 aliphatic rings. The number of pyridine rings is 2. The Balaban J connectivity index is 1.34. The predicted octanol–water partition coefficient (Wildman–Crippen LogP) is 5.55. The molecule has 1 aliphatic heterocycles. The van der Waals surface area contributed by atoms with Gasteiger partial charge in [0.15, 0.2) is 21.3 Å². The summed E-state index contributed by atoms with van der Waals surface area (Å²) in [6.07, 6.45) is 1.97. The van der Waals surface area contributed by atoms with Gasteiger partial charge in [-0.2, -0.15) is 0 Å². The number of aryl methyl sites for hydroxylation is 1. The maximum atomic E-state index is 14.7. The number of benzene rings is 1. The molecule has 1 saturated heterocycles. The summed E-state index contributed by atoms with van der Waals surface area (Å²) in [5.41, 5.74) is -0.170. The van der Waals surface area contributed by atoms with E-state index in [2.05, 4.69) is 16.9 Å². The zero-order chi connectivity index (χ0) is 40.1. The number of nitrogens with zero attached hydrogens (tertiary/aromatic N) is 3. The number of ketones is 1. The van der Waals surface area contributed by atoms with E-state index in [4.69, 9.17) is 14.5 Å². The number of carbonyl (C=O) groups excluding carboxylic acids is 4. The second-order valence-electron chi connectivity index (χ2n) is 17.3. The van der Waals surface area contributed by atoms with Gasteiger partial charge in [0.25, 0.3) is 0 Å². The number of rotatable bonds is 13. The minimum atomic E-state index is -3.65. The lowest BCUT2D eigenvalue weighted by atomic mass is 9.77. The Bertz CT molecular complexity index is 2120. The van der Waals surface area contributed by atoms with Crippen molar-refractivity contribution < 1.29 is 37.1 Å². The van der Waals surface area contributed by atoms with Crippen molar-refractivity contribution in [3.05, 3.63) is 66.9 Å². The minimum Gasteiger partial charge on any atom is -0.488 e. The minimum absolute atomic E-state index is 0.00346. The molecule has 12 nitrogen and oxygen atoms in total. The molecule has 1 aromatic carbocycles. The topological polar surface area (TPSA) is 162 Å². The van der Waals surface area contributed by atoms with Crippen LogP contribution in [-0.2, 0) is 33.8 Å². The number of amides is 2. The van der Waals surface area contributed by atoms with Gasteiger partial charge in [-0.1, -0.05) is 57.2 Å². The van der Waals surface area contributed by atoms with Crippen LogP contribution in [-0.4, -0.2) is 87.7 Å². The summed E-state index contributed by atoms with van der Waals surface area (Å²) in [7, 11) is -3.65. The fourth-order valence-electron chi connectivity index (χ4n) is 7.36. The fourth-order valence-corrected chi connectivity index (χ4v) is 9.07. The highest BCUT2D eigenvalue weighted by Crippen LogP contribution is 2.47. The largest absolute Gasteiger partial charge is 0.488 e. The fraction of sp³-hybridized carbons (Fsp3) is 0.524. The third-order valence-corrected chi connectivity index (χ3v) is 12.8. The molecule has 2 amide bonds. The number of likely N-dealkylation sites (tertiary alicyclic amines) is 1. The smallest absolute Gasteiger partial charge is 0.307 e. The van der Waals surface area contributed by atoms with Gasteiger partial charge in [-0.05, 0) is 64.5 Å². The summed E-state index contributed by atoms with van der Waals surface area (Å²) in [4.78, 5) is 66.9. The Morgan fingerprint density at radius 3 is 2.33 bits per heavy atom. The monoisotopic (exact) mass is 772 g/mol. The van der Waals surface area contributed by atoms with Crippen LogP contribution < -0.4 is 10.1 Å². The molecule has 2 aliphatic carbocycles. The Kier molecular flexibility index (Phi) is 10.8. The molecule has 2 saturated carbocycles. The Morgan fingerprint density at radius 2 is 1.73 bits per heavy atom. The lowest BCUT2D eigenvalue weighted by Gasteiger charge is -2.35. The third kappa shape index (κ3) is 8.92. The molecule has 0 radical (unpaired) electrons. The highest BCUT2D eigenvalue weighted by molar-refractivity contribution is 7.93. The number of ether oxygens (including phenoxy) is 2. The van der Waals surface area contributed by atoms with Crippen molar-refractivity contribution >= 4 is 44.4 Å². The second-order valence-corrected chi connectivity index (χ2v) is 19.6. The van der Waals surface area contributed by atoms with E-state index < -0.39 is 84.9 Å². The van der Waals surface area contributed by atoms with Crippen LogP contribution in [0.1, 0.15) is 79.3 Å². The van der Waals surface area contributed by atoms with Crippen molar-refractivity contribution in [1.29, 1.82) is 0 Å². The van der Waals surface area contributed by atoms with E-state index in [9.17, 15) is 27.6 Å². The zero-order valence-corrected chi connectivity index (χ0v) is 33.6. The Morgan fingerprint density at radius 1 is 1.04 bits per heavy atom. The maximum absolute atomic E-state index is 14.7. The molecule has 3 fully saturated rings. The summed E-state index contributed by atoms with van der Waals surface area (Å²) in [5.74, 6) is -3.68. The van der Waals surface area contributed by atoms with Crippen LogP contribution in [0.15, 0.2) is 61.2 Å². The first kappa shape index (κ1) is 40.0. The molecule has 0 unspecified atom stereocenters. The van der Waals surface area contributed by atoms with Crippen LogP contribution >= 0.6 is 0 Å². The summed E-state index contributed by atoms with van der Waals surface area (Å²) in [5, 5.41) is 3.02. The number of esters is 1. The molecular formula is C42H52N4O8S. The van der Waals surface area contributed by atoms with E-state index in [-0.39, 0.29) is 25.8 Å². The quantitative estimate of drug-likeness (QED) is 0.172. The van der Waals surface area contributed by atoms with E-state index in [0.717, 1.165) is 11.3 Å². The molecule has 3 heterocycles. The number of hydrogen-bond acceptors (Lipinski definition) is 10. The highest BCUT2D eigenvalue weighted by Gasteiger charge is 2.61. The third-order valence-electron chi connectivity index (χ3n) is 10.6. The summed E-state index contributed by atoms with van der Waals surface area (Å²) in [6, 6.07) is 14.1. The molecule has 1 N–H and O–H groups in total. The van der Waals surface area contributed by atoms with Crippen molar-refractivity contribution in [2.24, 2.45) is 17.3 Å². The average Bonchev–Trinajstić information content (AvgIpc) is 4.02. The van der Waals surface area contributed by atoms with Crippen LogP contribution in [0.5, 0.6) is 5.75 Å². The van der Waals surface area contributed by atoms with Gasteiger partial charge in [0.05, 0.1) is 35.2 Å². The van der Waals surface area contributed by atoms with Gasteiger partial charge < -0.3 is 19.7 Å². The van der Waals surface area contributed by atoms with Gasteiger partial charge in [-0.3, -0.25) is 19.2 Å². The van der Waals surface area contributed by atoms with Crippen molar-refractivity contribution in [3.63, 3.8) is 0 Å². The Labute approximate surface area is 323 Å². The molecule has 5 atom stereocenters. The van der Waals surface area contributed by atoms with E-state index >= 15 is 0 Å². The number of carbonyl (C=O) groups is 4. The van der Waals surface area contributed by atoms with Crippen LogP contribution in [0.25, 0.3) is 22.3 Å². The number of fused-ring (bicyclic) bond motifs is 1. The number of sulfone groups is 1. The SMILES string of the molecule is C=C[C@@H]1C[C@]1(NC(=O)[C@@H]1C[C@@H](Oc2cc(-c3ccccc3)nc3nc(C)ccc23)CN1C(=O)[C@@H](CC(=O)OC(C)(C)C)C(C)(C)C)C(=O)CS(=O)(=O)C1CC1. The first-order valence-corrected chi connectivity index (χ1v) is 20.6. The lowest BCUT2D eigenvalue weighted by molar-refractivity contribution is -0.161. The first-order chi connectivity index (χ1) is 25.7. The molecule has 6 rings (SSSR count). The van der Waals surface area contributed by atoms with Crippen LogP contribution in [0, 0.1) is 24.2 Å². The number of aromatic nitrogens is 2. The normalized spacial score (nSPS) is 23.2. The molecule has 0 bridgehead atoms. The average molecular weight is 773 g/mol. The molecule has 3 aromatic rings. The summed E-state index contributed by atoms with van der Waals surface area (Å²) >= 11 is 0. The van der Waals surface area contributed by atoms with Crippen LogP contribution in [0.2, 0.25) is 0 Å². The van der Waals surface area contributed by atoms with Crippen molar-refractivity contribution in [2.75, 3.05) is 12.3 Å². The van der Waals surface area contributed by atoms with E-state index in [1.807, 2.05) is 76.2 Å². The maximum Gasteiger partial charge on any atom is 0.307 e. The number of hydrogen-bond donors (Lipinski definition) is 1. The van der Waals surface area contributed by atoms with Crippen molar-refractivity contribution in [2.45, 2.75) is 109 Å². The first-order valence-electron chi connectivity index (χ1n) is 18.9. The highest BCUT2D eigenvalue weighted by atomic mass is 32.2. The van der Waals surface area contributed by atoms with Gasteiger partial charge in [-0.15, -0.1) is 6.58 Å². The molecule has 0 spiro atoms. The van der Waals surface area contributed by atoms with Crippen LogP contribution in [0.3, 0.4) is 0 Å².